The quantitative estimate of drug-likeness (QED) is 0.350. The lowest BCUT2D eigenvalue weighted by Crippen LogP contribution is -2.74. The first kappa shape index (κ1) is 16.1. The van der Waals surface area contributed by atoms with Gasteiger partial charge in [0.1, 0.15) is 11.4 Å². The summed E-state index contributed by atoms with van der Waals surface area (Å²) >= 11 is 1.23. The van der Waals surface area contributed by atoms with E-state index >= 15 is 0 Å². The zero-order valence-electron chi connectivity index (χ0n) is 11.9. The fourth-order valence-corrected chi connectivity index (χ4v) is 4.17. The number of aliphatic carboxylic acids is 2. The molecule has 2 saturated heterocycles. The van der Waals surface area contributed by atoms with Crippen molar-refractivity contribution in [3.8, 4) is 0 Å². The molecular formula is C13H20N2O5S. The minimum absolute atomic E-state index is 0.0146. The Morgan fingerprint density at radius 1 is 1.38 bits per heavy atom. The van der Waals surface area contributed by atoms with E-state index in [0.29, 0.717) is 0 Å². The lowest BCUT2D eigenvalue weighted by atomic mass is 9.87. The Labute approximate surface area is 127 Å². The van der Waals surface area contributed by atoms with Crippen molar-refractivity contribution in [2.24, 2.45) is 5.41 Å². The van der Waals surface area contributed by atoms with Crippen LogP contribution in [0.2, 0.25) is 0 Å². The maximum absolute atomic E-state index is 12.1. The molecule has 0 aromatic rings. The average Bonchev–Trinajstić information content (AvgIpc) is 2.45. The predicted octanol–water partition coefficient (Wildman–Crippen LogP) is 0.206. The van der Waals surface area contributed by atoms with Crippen LogP contribution in [0.4, 0.5) is 0 Å². The molecule has 2 fully saturated rings. The van der Waals surface area contributed by atoms with Gasteiger partial charge in [0.15, 0.2) is 5.41 Å². The monoisotopic (exact) mass is 316 g/mol. The topological polar surface area (TPSA) is 107 Å². The zero-order valence-corrected chi connectivity index (χ0v) is 12.7. The smallest absolute Gasteiger partial charge is 0.323 e. The predicted molar refractivity (Wildman–Crippen MR) is 77.0 cm³/mol. The van der Waals surface area contributed by atoms with Crippen molar-refractivity contribution in [1.29, 1.82) is 0 Å². The lowest BCUT2D eigenvalue weighted by molar-refractivity contribution is -0.169. The Bertz CT molecular complexity index is 442. The Morgan fingerprint density at radius 3 is 2.62 bits per heavy atom. The molecule has 0 aromatic carbocycles. The van der Waals surface area contributed by atoms with Crippen molar-refractivity contribution in [2.45, 2.75) is 37.6 Å². The summed E-state index contributed by atoms with van der Waals surface area (Å²) in [5.41, 5.74) is -1.88. The van der Waals surface area contributed by atoms with Crippen LogP contribution in [-0.2, 0) is 14.4 Å². The molecule has 2 rings (SSSR count). The SMILES string of the molecule is CCCCCNC1C(=O)N2CC(C(=O)O)(C(=O)O)CS[C@H]12. The Morgan fingerprint density at radius 2 is 2.05 bits per heavy atom. The van der Waals surface area contributed by atoms with Crippen molar-refractivity contribution in [2.75, 3.05) is 18.8 Å². The van der Waals surface area contributed by atoms with Crippen LogP contribution in [-0.4, -0.2) is 63.2 Å². The second-order valence-electron chi connectivity index (χ2n) is 5.50. The molecule has 21 heavy (non-hydrogen) atoms. The van der Waals surface area contributed by atoms with E-state index in [1.54, 1.807) is 0 Å². The van der Waals surface area contributed by atoms with Gasteiger partial charge in [-0.1, -0.05) is 19.8 Å². The zero-order chi connectivity index (χ0) is 15.6. The molecule has 0 radical (unpaired) electrons. The molecule has 0 aromatic heterocycles. The van der Waals surface area contributed by atoms with E-state index in [4.69, 9.17) is 0 Å². The highest BCUT2D eigenvalue weighted by atomic mass is 32.2. The second kappa shape index (κ2) is 6.23. The van der Waals surface area contributed by atoms with Gasteiger partial charge in [-0.25, -0.2) is 0 Å². The number of carboxylic acids is 2. The number of nitrogens with zero attached hydrogens (tertiary/aromatic N) is 1. The average molecular weight is 316 g/mol. The number of amides is 1. The van der Waals surface area contributed by atoms with E-state index in [9.17, 15) is 24.6 Å². The van der Waals surface area contributed by atoms with E-state index in [1.165, 1.54) is 16.7 Å². The first-order valence-corrected chi connectivity index (χ1v) is 8.11. The van der Waals surface area contributed by atoms with Gasteiger partial charge in [0.2, 0.25) is 5.91 Å². The minimum atomic E-state index is -1.88. The van der Waals surface area contributed by atoms with E-state index in [-0.39, 0.29) is 29.6 Å². The molecule has 2 atom stereocenters. The van der Waals surface area contributed by atoms with E-state index < -0.39 is 17.4 Å². The number of carboxylic acid groups (broad SMARTS) is 2. The molecule has 0 spiro atoms. The molecule has 2 heterocycles. The molecule has 0 saturated carbocycles. The first-order chi connectivity index (χ1) is 9.94. The van der Waals surface area contributed by atoms with Gasteiger partial charge < -0.3 is 20.4 Å². The van der Waals surface area contributed by atoms with E-state index in [2.05, 4.69) is 12.2 Å². The van der Waals surface area contributed by atoms with Crippen molar-refractivity contribution in [1.82, 2.24) is 10.2 Å². The molecule has 1 unspecified atom stereocenters. The summed E-state index contributed by atoms with van der Waals surface area (Å²) in [5, 5.41) is 21.4. The Balaban J connectivity index is 1.95. The first-order valence-electron chi connectivity index (χ1n) is 7.06. The van der Waals surface area contributed by atoms with Gasteiger partial charge in [-0.05, 0) is 13.0 Å². The van der Waals surface area contributed by atoms with Gasteiger partial charge in [0, 0.05) is 12.3 Å². The molecule has 3 N–H and O–H groups in total. The molecule has 0 bridgehead atoms. The number of β-lactam (4-membered cyclic amide) rings is 1. The van der Waals surface area contributed by atoms with Crippen LogP contribution in [0.15, 0.2) is 0 Å². The molecular weight excluding hydrogens is 296 g/mol. The van der Waals surface area contributed by atoms with Gasteiger partial charge in [0.25, 0.3) is 0 Å². The maximum atomic E-state index is 12.1. The normalized spacial score (nSPS) is 26.9. The van der Waals surface area contributed by atoms with Crippen LogP contribution >= 0.6 is 11.8 Å². The van der Waals surface area contributed by atoms with Crippen LogP contribution in [0.25, 0.3) is 0 Å². The highest BCUT2D eigenvalue weighted by Crippen LogP contribution is 2.42. The fraction of sp³-hybridized carbons (Fsp3) is 0.769. The Hall–Kier alpha value is -1.28. The van der Waals surface area contributed by atoms with E-state index in [1.807, 2.05) is 0 Å². The summed E-state index contributed by atoms with van der Waals surface area (Å²) in [6, 6.07) is -0.313. The largest absolute Gasteiger partial charge is 0.480 e. The Kier molecular flexibility index (Phi) is 4.77. The number of carbonyl (C=O) groups is 3. The molecule has 0 aliphatic carbocycles. The van der Waals surface area contributed by atoms with Crippen molar-refractivity contribution in [3.05, 3.63) is 0 Å². The fourth-order valence-electron chi connectivity index (χ4n) is 2.61. The van der Waals surface area contributed by atoms with Gasteiger partial charge in [-0.3, -0.25) is 14.4 Å². The molecule has 2 aliphatic heterocycles. The molecule has 118 valence electrons. The van der Waals surface area contributed by atoms with Crippen LogP contribution in [0.3, 0.4) is 0 Å². The minimum Gasteiger partial charge on any atom is -0.480 e. The summed E-state index contributed by atoms with van der Waals surface area (Å²) in [6.45, 7) is 2.60. The number of fused-ring (bicyclic) bond motifs is 1. The van der Waals surface area contributed by atoms with Gasteiger partial charge in [-0.15, -0.1) is 11.8 Å². The number of hydrogen-bond donors (Lipinski definition) is 3. The van der Waals surface area contributed by atoms with E-state index in [0.717, 1.165) is 25.8 Å². The number of thioether (sulfide) groups is 1. The highest BCUT2D eigenvalue weighted by molar-refractivity contribution is 8.00. The summed E-state index contributed by atoms with van der Waals surface area (Å²) in [5.74, 6) is -2.98. The van der Waals surface area contributed by atoms with Crippen molar-refractivity contribution >= 4 is 29.6 Å². The van der Waals surface area contributed by atoms with Gasteiger partial charge >= 0.3 is 11.9 Å². The molecule has 7 nitrogen and oxygen atoms in total. The third-order valence-corrected chi connectivity index (χ3v) is 5.57. The number of nitrogens with one attached hydrogen (secondary N) is 1. The van der Waals surface area contributed by atoms with Crippen molar-refractivity contribution < 1.29 is 24.6 Å². The molecule has 1 amide bonds. The summed E-state index contributed by atoms with van der Waals surface area (Å²) in [7, 11) is 0. The summed E-state index contributed by atoms with van der Waals surface area (Å²) in [6.07, 6.45) is 3.19. The second-order valence-corrected chi connectivity index (χ2v) is 6.60. The van der Waals surface area contributed by atoms with Crippen LogP contribution in [0.5, 0.6) is 0 Å². The molecule has 8 heteroatoms. The third kappa shape index (κ3) is 2.74. The number of unbranched alkanes of at least 4 members (excludes halogenated alkanes) is 2. The van der Waals surface area contributed by atoms with Gasteiger partial charge in [-0.2, -0.15) is 0 Å². The lowest BCUT2D eigenvalue weighted by Gasteiger charge is -2.52. The van der Waals surface area contributed by atoms with Crippen molar-refractivity contribution in [3.63, 3.8) is 0 Å². The van der Waals surface area contributed by atoms with Crippen LogP contribution in [0, 0.1) is 5.41 Å². The standard InChI is InChI=1S/C13H20N2O5S/c1-2-3-4-5-14-8-9(16)15-6-13(11(17)18,12(19)20)7-21-10(8)15/h8,10,14H,2-7H2,1H3,(H,17,18)(H,19,20)/t8?,10-/m1/s1. The highest BCUT2D eigenvalue weighted by Gasteiger charge is 2.60. The number of rotatable bonds is 7. The molecule has 2 aliphatic rings. The number of hydrogen-bond acceptors (Lipinski definition) is 5. The maximum Gasteiger partial charge on any atom is 0.323 e. The van der Waals surface area contributed by atoms with Crippen LogP contribution < -0.4 is 5.32 Å². The summed E-state index contributed by atoms with van der Waals surface area (Å²) in [4.78, 5) is 36.0. The van der Waals surface area contributed by atoms with Crippen LogP contribution in [0.1, 0.15) is 26.2 Å². The summed E-state index contributed by atoms with van der Waals surface area (Å²) < 4.78 is 0. The van der Waals surface area contributed by atoms with Gasteiger partial charge in [0.05, 0.1) is 0 Å². The third-order valence-electron chi connectivity index (χ3n) is 4.05. The number of carbonyl (C=O) groups excluding carboxylic acids is 1.